The average Bonchev–Trinajstić information content (AvgIpc) is 2.98. The van der Waals surface area contributed by atoms with Gasteiger partial charge in [0, 0.05) is 43.9 Å². The molecule has 10 heteroatoms. The molecule has 1 N–H and O–H groups in total. The summed E-state index contributed by atoms with van der Waals surface area (Å²) in [5.74, 6) is -2.88. The minimum absolute atomic E-state index is 0.0481. The lowest BCUT2D eigenvalue weighted by molar-refractivity contribution is -0.0230. The van der Waals surface area contributed by atoms with Gasteiger partial charge in [0.1, 0.15) is 11.3 Å². The molecule has 1 aromatic rings. The van der Waals surface area contributed by atoms with Gasteiger partial charge in [-0.3, -0.25) is 0 Å². The van der Waals surface area contributed by atoms with E-state index in [1.165, 1.54) is 11.3 Å². The van der Waals surface area contributed by atoms with Gasteiger partial charge in [0.15, 0.2) is 6.61 Å². The van der Waals surface area contributed by atoms with E-state index in [2.05, 4.69) is 15.2 Å². The zero-order valence-electron chi connectivity index (χ0n) is 20.0. The second kappa shape index (κ2) is 10.4. The number of rotatable bonds is 7. The fraction of sp³-hybridized carbons (Fsp3) is 0.826. The third-order valence-corrected chi connectivity index (χ3v) is 7.08. The molecule has 0 radical (unpaired) electrons. The fourth-order valence-corrected chi connectivity index (χ4v) is 5.17. The predicted octanol–water partition coefficient (Wildman–Crippen LogP) is 5.14. The van der Waals surface area contributed by atoms with Crippen LogP contribution in [0.2, 0.25) is 0 Å². The number of alkyl halides is 3. The molecule has 2 heterocycles. The Morgan fingerprint density at radius 2 is 1.88 bits per heavy atom. The molecule has 0 spiro atoms. The number of alkyl carbamates (subject to hydrolysis) is 1. The van der Waals surface area contributed by atoms with E-state index >= 15 is 4.39 Å². The Balaban J connectivity index is 1.40. The van der Waals surface area contributed by atoms with Crippen LogP contribution in [0.1, 0.15) is 70.4 Å². The summed E-state index contributed by atoms with van der Waals surface area (Å²) in [5, 5.41) is 3.16. The molecule has 1 saturated carbocycles. The summed E-state index contributed by atoms with van der Waals surface area (Å²) in [7, 11) is 0. The van der Waals surface area contributed by atoms with Crippen LogP contribution in [0.5, 0.6) is 5.19 Å². The van der Waals surface area contributed by atoms with Crippen molar-refractivity contribution in [2.75, 3.05) is 26.2 Å². The van der Waals surface area contributed by atoms with Gasteiger partial charge in [0.05, 0.1) is 5.69 Å². The Hall–Kier alpha value is -1.55. The normalized spacial score (nSPS) is 24.6. The van der Waals surface area contributed by atoms with Crippen molar-refractivity contribution in [3.8, 4) is 5.19 Å². The van der Waals surface area contributed by atoms with E-state index in [0.29, 0.717) is 50.3 Å². The SMILES string of the molecule is CC(F)(F)COc1nc2c(s1)CCN(CCC1(F)CCC(NC(=O)OC(C)(C)C)CC1)CC2. The molecule has 0 atom stereocenters. The lowest BCUT2D eigenvalue weighted by Crippen LogP contribution is -2.44. The molecule has 0 saturated heterocycles. The maximum atomic E-state index is 15.4. The largest absolute Gasteiger partial charge is 0.464 e. The number of hydrogen-bond donors (Lipinski definition) is 1. The van der Waals surface area contributed by atoms with E-state index in [1.807, 2.05) is 20.8 Å². The first-order valence-electron chi connectivity index (χ1n) is 11.7. The molecule has 33 heavy (non-hydrogen) atoms. The van der Waals surface area contributed by atoms with Crippen molar-refractivity contribution in [1.29, 1.82) is 0 Å². The van der Waals surface area contributed by atoms with Crippen molar-refractivity contribution in [3.63, 3.8) is 0 Å². The number of halogens is 3. The molecule has 188 valence electrons. The molecule has 0 unspecified atom stereocenters. The van der Waals surface area contributed by atoms with Crippen molar-refractivity contribution in [1.82, 2.24) is 15.2 Å². The topological polar surface area (TPSA) is 63.7 Å². The van der Waals surface area contributed by atoms with Gasteiger partial charge in [-0.15, -0.1) is 0 Å². The number of thiazole rings is 1. The molecule has 1 fully saturated rings. The van der Waals surface area contributed by atoms with Gasteiger partial charge < -0.3 is 19.7 Å². The maximum Gasteiger partial charge on any atom is 0.407 e. The standard InChI is InChI=1S/C23H36F3N3O3S/c1-21(2,3)32-19(30)27-16-5-9-23(26,10-6-16)11-14-29-12-7-17-18(8-13-29)33-20(28-17)31-15-22(4,24)25/h16H,5-15H2,1-4H3,(H,27,30). The Morgan fingerprint density at radius 3 is 2.52 bits per heavy atom. The van der Waals surface area contributed by atoms with E-state index in [1.54, 1.807) is 0 Å². The number of carbonyl (C=O) groups excluding carboxylic acids is 1. The highest BCUT2D eigenvalue weighted by atomic mass is 32.1. The molecule has 0 aromatic carbocycles. The minimum Gasteiger partial charge on any atom is -0.464 e. The van der Waals surface area contributed by atoms with Crippen LogP contribution in [0.25, 0.3) is 0 Å². The van der Waals surface area contributed by atoms with Crippen molar-refractivity contribution in [2.45, 2.75) is 95.9 Å². The van der Waals surface area contributed by atoms with Crippen LogP contribution in [0, 0.1) is 0 Å². The predicted molar refractivity (Wildman–Crippen MR) is 122 cm³/mol. The molecule has 3 rings (SSSR count). The van der Waals surface area contributed by atoms with Gasteiger partial charge in [-0.25, -0.2) is 22.9 Å². The number of nitrogens with one attached hydrogen (secondary N) is 1. The fourth-order valence-electron chi connectivity index (χ4n) is 4.22. The van der Waals surface area contributed by atoms with Crippen LogP contribution in [0.3, 0.4) is 0 Å². The number of fused-ring (bicyclic) bond motifs is 1. The smallest absolute Gasteiger partial charge is 0.407 e. The molecule has 2 aliphatic rings. The molecular formula is C23H36F3N3O3S. The number of carbonyl (C=O) groups is 1. The molecule has 1 aromatic heterocycles. The summed E-state index contributed by atoms with van der Waals surface area (Å²) in [4.78, 5) is 19.6. The lowest BCUT2D eigenvalue weighted by Gasteiger charge is -2.36. The number of amides is 1. The van der Waals surface area contributed by atoms with Crippen LogP contribution in [-0.2, 0) is 17.6 Å². The number of aromatic nitrogens is 1. The van der Waals surface area contributed by atoms with Gasteiger partial charge in [0.2, 0.25) is 0 Å². The second-order valence-corrected chi connectivity index (χ2v) is 11.4. The average molecular weight is 492 g/mol. The van der Waals surface area contributed by atoms with Crippen LogP contribution in [0.15, 0.2) is 0 Å². The Labute approximate surface area is 198 Å². The molecule has 0 bridgehead atoms. The van der Waals surface area contributed by atoms with Gasteiger partial charge in [-0.2, -0.15) is 0 Å². The van der Waals surface area contributed by atoms with E-state index < -0.39 is 29.9 Å². The van der Waals surface area contributed by atoms with Gasteiger partial charge in [-0.05, 0) is 59.3 Å². The van der Waals surface area contributed by atoms with Gasteiger partial charge in [-0.1, -0.05) is 11.3 Å². The van der Waals surface area contributed by atoms with Crippen molar-refractivity contribution in [2.24, 2.45) is 0 Å². The van der Waals surface area contributed by atoms with Crippen molar-refractivity contribution in [3.05, 3.63) is 10.6 Å². The number of nitrogens with zero attached hydrogens (tertiary/aromatic N) is 2. The van der Waals surface area contributed by atoms with Gasteiger partial charge >= 0.3 is 6.09 Å². The summed E-state index contributed by atoms with van der Waals surface area (Å²) in [6.07, 6.45) is 3.57. The van der Waals surface area contributed by atoms with Crippen molar-refractivity contribution >= 4 is 17.4 Å². The van der Waals surface area contributed by atoms with Crippen LogP contribution in [-0.4, -0.2) is 65.5 Å². The third-order valence-electron chi connectivity index (χ3n) is 6.01. The minimum atomic E-state index is -2.88. The summed E-state index contributed by atoms with van der Waals surface area (Å²) >= 11 is 1.33. The Kier molecular flexibility index (Phi) is 8.19. The third kappa shape index (κ3) is 8.63. The molecule has 1 aliphatic heterocycles. The summed E-state index contributed by atoms with van der Waals surface area (Å²) in [6.45, 7) is 7.83. The molecular weight excluding hydrogens is 455 g/mol. The molecule has 1 amide bonds. The highest BCUT2D eigenvalue weighted by Gasteiger charge is 2.36. The highest BCUT2D eigenvalue weighted by molar-refractivity contribution is 7.13. The second-order valence-electron chi connectivity index (χ2n) is 10.4. The van der Waals surface area contributed by atoms with Crippen LogP contribution < -0.4 is 10.1 Å². The lowest BCUT2D eigenvalue weighted by atomic mass is 9.81. The highest BCUT2D eigenvalue weighted by Crippen LogP contribution is 2.36. The zero-order chi connectivity index (χ0) is 24.3. The van der Waals surface area contributed by atoms with E-state index in [4.69, 9.17) is 9.47 Å². The quantitative estimate of drug-likeness (QED) is 0.572. The van der Waals surface area contributed by atoms with E-state index in [0.717, 1.165) is 37.0 Å². The first-order valence-corrected chi connectivity index (χ1v) is 12.5. The zero-order valence-corrected chi connectivity index (χ0v) is 20.8. The molecule has 1 aliphatic carbocycles. The first kappa shape index (κ1) is 26.1. The van der Waals surface area contributed by atoms with E-state index in [9.17, 15) is 13.6 Å². The summed E-state index contributed by atoms with van der Waals surface area (Å²) < 4.78 is 51.8. The van der Waals surface area contributed by atoms with E-state index in [-0.39, 0.29) is 6.04 Å². The van der Waals surface area contributed by atoms with Crippen molar-refractivity contribution < 1.29 is 27.4 Å². The van der Waals surface area contributed by atoms with Gasteiger partial charge in [0.25, 0.3) is 11.1 Å². The monoisotopic (exact) mass is 491 g/mol. The van der Waals surface area contributed by atoms with Crippen LogP contribution in [0.4, 0.5) is 18.0 Å². The first-order chi connectivity index (χ1) is 15.3. The maximum absolute atomic E-state index is 15.4. The van der Waals surface area contributed by atoms with Crippen LogP contribution >= 0.6 is 11.3 Å². The summed E-state index contributed by atoms with van der Waals surface area (Å²) in [5.41, 5.74) is -0.859. The number of hydrogen-bond acceptors (Lipinski definition) is 6. The Bertz CT molecular complexity index is 774. The summed E-state index contributed by atoms with van der Waals surface area (Å²) in [6, 6.07) is -0.0481. The number of ether oxygens (including phenoxy) is 2. The molecule has 6 nitrogen and oxygen atoms in total. The Morgan fingerprint density at radius 1 is 1.21 bits per heavy atom.